The molecule has 0 amide bonds. The van der Waals surface area contributed by atoms with Gasteiger partial charge in [-0.2, -0.15) is 0 Å². The zero-order valence-corrected chi connectivity index (χ0v) is 16.6. The number of hydrogen-bond donors (Lipinski definition) is 1. The Labute approximate surface area is 178 Å². The molecule has 0 aliphatic carbocycles. The highest BCUT2D eigenvalue weighted by Crippen LogP contribution is 2.41. The predicted molar refractivity (Wildman–Crippen MR) is 133 cm³/mol. The van der Waals surface area contributed by atoms with E-state index >= 15 is 0 Å². The number of nitrogens with zero attached hydrogens (tertiary/aromatic N) is 1. The summed E-state index contributed by atoms with van der Waals surface area (Å²) in [6.45, 7) is 0. The molecule has 3 heterocycles. The van der Waals surface area contributed by atoms with E-state index in [1.165, 1.54) is 65.2 Å². The summed E-state index contributed by atoms with van der Waals surface area (Å²) in [6, 6.07) is 30.6. The molecule has 0 aliphatic rings. The topological polar surface area (TPSA) is 20.2 Å². The van der Waals surface area contributed by atoms with Crippen molar-refractivity contribution in [1.29, 1.82) is 0 Å². The SMILES string of the molecule is [B]c1ccc2[nH]c3c4cc5c(cc4ccc3c2c1)c1cccc2c3ccccc3n5c21. The lowest BCUT2D eigenvalue weighted by atomic mass is 9.94. The van der Waals surface area contributed by atoms with Gasteiger partial charge in [-0.3, -0.25) is 0 Å². The summed E-state index contributed by atoms with van der Waals surface area (Å²) in [5.74, 6) is 0. The lowest BCUT2D eigenvalue weighted by Gasteiger charge is -2.03. The average Bonchev–Trinajstić information content (AvgIpc) is 3.44. The highest BCUT2D eigenvalue weighted by Gasteiger charge is 2.18. The summed E-state index contributed by atoms with van der Waals surface area (Å²) in [6.07, 6.45) is 0. The number of aromatic amines is 1. The Bertz CT molecular complexity index is 2010. The molecule has 3 aromatic heterocycles. The molecule has 8 aromatic rings. The van der Waals surface area contributed by atoms with Crippen LogP contribution in [0.5, 0.6) is 0 Å². The second kappa shape index (κ2) is 5.19. The molecule has 140 valence electrons. The Morgan fingerprint density at radius 1 is 0.581 bits per heavy atom. The van der Waals surface area contributed by atoms with Gasteiger partial charge in [-0.05, 0) is 29.7 Å². The van der Waals surface area contributed by atoms with Crippen LogP contribution in [0.1, 0.15) is 0 Å². The molecular weight excluding hydrogens is 375 g/mol. The van der Waals surface area contributed by atoms with Crippen LogP contribution in [0.25, 0.3) is 70.7 Å². The normalized spacial score (nSPS) is 12.6. The molecule has 0 atom stereocenters. The van der Waals surface area contributed by atoms with Gasteiger partial charge in [0.05, 0.1) is 22.1 Å². The van der Waals surface area contributed by atoms with Crippen molar-refractivity contribution in [2.45, 2.75) is 0 Å². The van der Waals surface area contributed by atoms with Crippen LogP contribution in [0.2, 0.25) is 0 Å². The maximum Gasteiger partial charge on any atom is 0.113 e. The molecule has 0 spiro atoms. The Morgan fingerprint density at radius 3 is 2.35 bits per heavy atom. The molecule has 3 heteroatoms. The molecule has 8 rings (SSSR count). The van der Waals surface area contributed by atoms with Crippen molar-refractivity contribution in [3.8, 4) is 0 Å². The Hall–Kier alpha value is -3.98. The summed E-state index contributed by atoms with van der Waals surface area (Å²) in [4.78, 5) is 3.65. The van der Waals surface area contributed by atoms with Crippen LogP contribution in [-0.2, 0) is 0 Å². The quantitative estimate of drug-likeness (QED) is 0.289. The fourth-order valence-corrected chi connectivity index (χ4v) is 5.64. The van der Waals surface area contributed by atoms with Gasteiger partial charge in [-0.1, -0.05) is 66.1 Å². The molecule has 5 aromatic carbocycles. The van der Waals surface area contributed by atoms with E-state index in [9.17, 15) is 0 Å². The summed E-state index contributed by atoms with van der Waals surface area (Å²) < 4.78 is 2.44. The molecule has 0 saturated carbocycles. The van der Waals surface area contributed by atoms with E-state index < -0.39 is 0 Å². The fraction of sp³-hybridized carbons (Fsp3) is 0. The molecule has 31 heavy (non-hydrogen) atoms. The number of para-hydroxylation sites is 2. The smallest absolute Gasteiger partial charge is 0.113 e. The van der Waals surface area contributed by atoms with E-state index in [1.807, 2.05) is 6.07 Å². The largest absolute Gasteiger partial charge is 0.354 e. The van der Waals surface area contributed by atoms with Gasteiger partial charge in [0.25, 0.3) is 0 Å². The zero-order chi connectivity index (χ0) is 20.3. The standard InChI is InChI=1S/C28H15BN2/c29-16-9-11-24-22(13-16)18-10-8-15-12-23-20-6-3-5-19-17-4-1-2-7-25(17)31(28(19)20)26(23)14-21(15)27(18)30-24/h1-14,30H. The van der Waals surface area contributed by atoms with E-state index in [0.29, 0.717) is 0 Å². The Kier molecular flexibility index (Phi) is 2.65. The number of benzene rings is 5. The minimum Gasteiger partial charge on any atom is -0.354 e. The lowest BCUT2D eigenvalue weighted by molar-refractivity contribution is 1.37. The molecule has 0 unspecified atom stereocenters. The molecule has 2 radical (unpaired) electrons. The third kappa shape index (κ3) is 1.81. The van der Waals surface area contributed by atoms with Gasteiger partial charge in [0.15, 0.2) is 0 Å². The Morgan fingerprint density at radius 2 is 1.42 bits per heavy atom. The van der Waals surface area contributed by atoms with Gasteiger partial charge in [0, 0.05) is 43.2 Å². The molecule has 1 N–H and O–H groups in total. The van der Waals surface area contributed by atoms with E-state index in [1.54, 1.807) is 0 Å². The first-order chi connectivity index (χ1) is 15.3. The maximum absolute atomic E-state index is 6.08. The Balaban J connectivity index is 1.65. The minimum absolute atomic E-state index is 0.791. The number of nitrogens with one attached hydrogen (secondary N) is 1. The van der Waals surface area contributed by atoms with Crippen LogP contribution in [0, 0.1) is 0 Å². The molecular formula is C28H15BN2. The van der Waals surface area contributed by atoms with Crippen molar-refractivity contribution in [2.24, 2.45) is 0 Å². The van der Waals surface area contributed by atoms with Crippen molar-refractivity contribution >= 4 is 84.0 Å². The fourth-order valence-electron chi connectivity index (χ4n) is 5.64. The van der Waals surface area contributed by atoms with Gasteiger partial charge in [-0.25, -0.2) is 0 Å². The van der Waals surface area contributed by atoms with E-state index in [-0.39, 0.29) is 0 Å². The summed E-state index contributed by atoms with van der Waals surface area (Å²) >= 11 is 0. The first-order valence-corrected chi connectivity index (χ1v) is 10.6. The van der Waals surface area contributed by atoms with Gasteiger partial charge < -0.3 is 9.38 Å². The third-order valence-electron chi connectivity index (χ3n) is 6.96. The average molecular weight is 390 g/mol. The minimum atomic E-state index is 0.791. The number of fused-ring (bicyclic) bond motifs is 11. The molecule has 0 saturated heterocycles. The van der Waals surface area contributed by atoms with Crippen LogP contribution in [-0.4, -0.2) is 17.2 Å². The van der Waals surface area contributed by atoms with E-state index in [2.05, 4.69) is 88.2 Å². The summed E-state index contributed by atoms with van der Waals surface area (Å²) in [5, 5.41) is 10.1. The van der Waals surface area contributed by atoms with E-state index in [4.69, 9.17) is 7.85 Å². The second-order valence-corrected chi connectivity index (χ2v) is 8.56. The zero-order valence-electron chi connectivity index (χ0n) is 16.6. The highest BCUT2D eigenvalue weighted by atomic mass is 14.9. The van der Waals surface area contributed by atoms with Crippen LogP contribution in [0.15, 0.2) is 84.9 Å². The molecule has 0 aliphatic heterocycles. The first kappa shape index (κ1) is 15.8. The summed E-state index contributed by atoms with van der Waals surface area (Å²) in [7, 11) is 6.08. The van der Waals surface area contributed by atoms with Gasteiger partial charge >= 0.3 is 0 Å². The predicted octanol–water partition coefficient (Wildman–Crippen LogP) is 6.42. The van der Waals surface area contributed by atoms with Gasteiger partial charge in [-0.15, -0.1) is 0 Å². The van der Waals surface area contributed by atoms with Crippen LogP contribution in [0.3, 0.4) is 0 Å². The number of rotatable bonds is 0. The maximum atomic E-state index is 6.08. The van der Waals surface area contributed by atoms with Crippen molar-refractivity contribution in [3.63, 3.8) is 0 Å². The first-order valence-electron chi connectivity index (χ1n) is 10.6. The molecule has 2 nitrogen and oxygen atoms in total. The van der Waals surface area contributed by atoms with Crippen LogP contribution >= 0.6 is 0 Å². The number of H-pyrrole nitrogens is 1. The molecule has 0 fully saturated rings. The molecule has 0 bridgehead atoms. The number of aromatic nitrogens is 2. The van der Waals surface area contributed by atoms with Crippen LogP contribution < -0.4 is 5.46 Å². The monoisotopic (exact) mass is 390 g/mol. The van der Waals surface area contributed by atoms with Crippen molar-refractivity contribution in [1.82, 2.24) is 9.38 Å². The van der Waals surface area contributed by atoms with Crippen LogP contribution in [0.4, 0.5) is 0 Å². The second-order valence-electron chi connectivity index (χ2n) is 8.56. The lowest BCUT2D eigenvalue weighted by Crippen LogP contribution is -1.98. The van der Waals surface area contributed by atoms with Crippen molar-refractivity contribution < 1.29 is 0 Å². The highest BCUT2D eigenvalue weighted by molar-refractivity contribution is 6.34. The van der Waals surface area contributed by atoms with Gasteiger partial charge in [0.1, 0.15) is 7.85 Å². The summed E-state index contributed by atoms with van der Waals surface area (Å²) in [5.41, 5.74) is 6.91. The third-order valence-corrected chi connectivity index (χ3v) is 6.96. The van der Waals surface area contributed by atoms with Crippen molar-refractivity contribution in [2.75, 3.05) is 0 Å². The van der Waals surface area contributed by atoms with Gasteiger partial charge in [0.2, 0.25) is 0 Å². The van der Waals surface area contributed by atoms with Crippen molar-refractivity contribution in [3.05, 3.63) is 84.9 Å². The number of hydrogen-bond acceptors (Lipinski definition) is 0. The van der Waals surface area contributed by atoms with E-state index in [0.717, 1.165) is 11.0 Å².